The van der Waals surface area contributed by atoms with E-state index in [1.165, 1.54) is 24.8 Å². The molecule has 2 N–H and O–H groups in total. The Balaban J connectivity index is 1.40. The number of hydrogen-bond donors (Lipinski definition) is 2. The van der Waals surface area contributed by atoms with Gasteiger partial charge < -0.3 is 10.2 Å². The van der Waals surface area contributed by atoms with Crippen molar-refractivity contribution < 1.29 is 9.59 Å². The van der Waals surface area contributed by atoms with Crippen LogP contribution < -0.4 is 5.32 Å². The number of nitrogens with one attached hydrogen (secondary N) is 2. The van der Waals surface area contributed by atoms with E-state index in [1.54, 1.807) is 16.7 Å². The van der Waals surface area contributed by atoms with E-state index >= 15 is 0 Å². The number of aromatic amines is 1. The SMILES string of the molecule is CC1(C)SC2C(NC(=O)CC3=CCCCCCC3)C(=O)N2C1c1nn[nH]n1. The zero-order valence-corrected chi connectivity index (χ0v) is 16.6. The quantitative estimate of drug-likeness (QED) is 0.603. The first kappa shape index (κ1) is 18.5. The average Bonchev–Trinajstić information content (AvgIpc) is 3.19. The molecular formula is C18H26N6O2S. The highest BCUT2D eigenvalue weighted by Gasteiger charge is 2.63. The lowest BCUT2D eigenvalue weighted by Crippen LogP contribution is -2.67. The molecule has 3 aliphatic rings. The largest absolute Gasteiger partial charge is 0.341 e. The molecule has 0 radical (unpaired) electrons. The molecular weight excluding hydrogens is 364 g/mol. The Bertz CT molecular complexity index is 747. The highest BCUT2D eigenvalue weighted by Crippen LogP contribution is 2.56. The zero-order chi connectivity index (χ0) is 19.0. The number of hydrogen-bond acceptors (Lipinski definition) is 6. The van der Waals surface area contributed by atoms with Crippen LogP contribution >= 0.6 is 11.8 Å². The molecule has 8 nitrogen and oxygen atoms in total. The van der Waals surface area contributed by atoms with Gasteiger partial charge in [0, 0.05) is 11.2 Å². The summed E-state index contributed by atoms with van der Waals surface area (Å²) < 4.78 is -0.244. The van der Waals surface area contributed by atoms with Crippen LogP contribution in [-0.2, 0) is 9.59 Å². The molecule has 2 fully saturated rings. The highest BCUT2D eigenvalue weighted by molar-refractivity contribution is 8.01. The van der Waals surface area contributed by atoms with Gasteiger partial charge in [-0.2, -0.15) is 5.21 Å². The van der Waals surface area contributed by atoms with Crippen LogP contribution in [0.2, 0.25) is 0 Å². The van der Waals surface area contributed by atoms with Gasteiger partial charge in [0.05, 0.1) is 0 Å². The maximum atomic E-state index is 12.8. The third-order valence-electron chi connectivity index (χ3n) is 5.64. The van der Waals surface area contributed by atoms with Gasteiger partial charge >= 0.3 is 0 Å². The Morgan fingerprint density at radius 2 is 2.19 bits per heavy atom. The molecule has 3 heterocycles. The molecule has 9 heteroatoms. The molecule has 3 unspecified atom stereocenters. The maximum Gasteiger partial charge on any atom is 0.249 e. The monoisotopic (exact) mass is 390 g/mol. The van der Waals surface area contributed by atoms with Gasteiger partial charge in [0.2, 0.25) is 11.8 Å². The second-order valence-electron chi connectivity index (χ2n) is 8.07. The molecule has 1 aliphatic carbocycles. The summed E-state index contributed by atoms with van der Waals surface area (Å²) in [5.74, 6) is 0.405. The molecule has 0 spiro atoms. The molecule has 1 aromatic rings. The number of allylic oxidation sites excluding steroid dienone is 1. The van der Waals surface area contributed by atoms with Crippen molar-refractivity contribution in [2.45, 2.75) is 81.0 Å². The second-order valence-corrected chi connectivity index (χ2v) is 9.84. The number of carbonyl (C=O) groups is 2. The standard InChI is InChI=1S/C18H26N6O2S/c1-18(2)14(15-20-22-23-21-15)24-16(26)13(17(24)27-18)19-12(25)10-11-8-6-4-3-5-7-9-11/h8,13-14,17H,3-7,9-10H2,1-2H3,(H,19,25)(H,20,21,22,23). The van der Waals surface area contributed by atoms with Crippen LogP contribution in [0.5, 0.6) is 0 Å². The molecule has 27 heavy (non-hydrogen) atoms. The normalized spacial score (nSPS) is 30.0. The maximum absolute atomic E-state index is 12.8. The van der Waals surface area contributed by atoms with Crippen molar-refractivity contribution >= 4 is 23.6 Å². The minimum absolute atomic E-state index is 0.0544. The van der Waals surface area contributed by atoms with Crippen molar-refractivity contribution in [1.82, 2.24) is 30.8 Å². The second kappa shape index (κ2) is 7.26. The summed E-state index contributed by atoms with van der Waals surface area (Å²) in [6, 6.07) is -0.701. The van der Waals surface area contributed by atoms with Crippen LogP contribution in [0, 0.1) is 0 Å². The predicted octanol–water partition coefficient (Wildman–Crippen LogP) is 2.09. The van der Waals surface area contributed by atoms with E-state index in [9.17, 15) is 9.59 Å². The number of rotatable bonds is 4. The number of thioether (sulfide) groups is 1. The van der Waals surface area contributed by atoms with Gasteiger partial charge in [0.15, 0.2) is 5.82 Å². The number of amides is 2. The number of fused-ring (bicyclic) bond motifs is 1. The molecule has 0 bridgehead atoms. The van der Waals surface area contributed by atoms with Crippen LogP contribution in [-0.4, -0.2) is 53.5 Å². The van der Waals surface area contributed by atoms with Crippen LogP contribution in [0.25, 0.3) is 0 Å². The number of β-lactam (4-membered cyclic amide) rings is 1. The lowest BCUT2D eigenvalue weighted by atomic mass is 9.95. The Morgan fingerprint density at radius 1 is 1.37 bits per heavy atom. The Labute approximate surface area is 162 Å². The van der Waals surface area contributed by atoms with Gasteiger partial charge in [0.1, 0.15) is 17.5 Å². The van der Waals surface area contributed by atoms with Crippen LogP contribution in [0.1, 0.15) is 70.7 Å². The molecule has 2 saturated heterocycles. The first-order chi connectivity index (χ1) is 13.0. The lowest BCUT2D eigenvalue weighted by molar-refractivity contribution is -0.151. The van der Waals surface area contributed by atoms with Gasteiger partial charge in [-0.1, -0.05) is 29.7 Å². The van der Waals surface area contributed by atoms with E-state index in [0.717, 1.165) is 19.3 Å². The van der Waals surface area contributed by atoms with Gasteiger partial charge in [-0.05, 0) is 39.5 Å². The first-order valence-electron chi connectivity index (χ1n) is 9.68. The van der Waals surface area contributed by atoms with Crippen molar-refractivity contribution in [1.29, 1.82) is 0 Å². The number of aromatic nitrogens is 4. The molecule has 2 aliphatic heterocycles. The van der Waals surface area contributed by atoms with Crippen molar-refractivity contribution in [3.8, 4) is 0 Å². The summed E-state index contributed by atoms with van der Waals surface area (Å²) in [5, 5.41) is 17.1. The van der Waals surface area contributed by atoms with Crippen molar-refractivity contribution in [2.75, 3.05) is 0 Å². The van der Waals surface area contributed by atoms with E-state index in [0.29, 0.717) is 12.2 Å². The van der Waals surface area contributed by atoms with Gasteiger partial charge in [-0.25, -0.2) is 0 Å². The van der Waals surface area contributed by atoms with E-state index in [-0.39, 0.29) is 28.0 Å². The van der Waals surface area contributed by atoms with E-state index in [2.05, 4.69) is 45.9 Å². The molecule has 4 rings (SSSR count). The number of tetrazole rings is 1. The molecule has 1 aromatic heterocycles. The van der Waals surface area contributed by atoms with Crippen molar-refractivity contribution in [3.63, 3.8) is 0 Å². The zero-order valence-electron chi connectivity index (χ0n) is 15.8. The fraction of sp³-hybridized carbons (Fsp3) is 0.722. The number of nitrogens with zero attached hydrogens (tertiary/aromatic N) is 4. The van der Waals surface area contributed by atoms with Crippen molar-refractivity contribution in [3.05, 3.63) is 17.5 Å². The average molecular weight is 391 g/mol. The first-order valence-corrected chi connectivity index (χ1v) is 10.6. The minimum Gasteiger partial charge on any atom is -0.341 e. The predicted molar refractivity (Wildman–Crippen MR) is 102 cm³/mol. The van der Waals surface area contributed by atoms with Crippen LogP contribution in [0.3, 0.4) is 0 Å². The Morgan fingerprint density at radius 3 is 2.96 bits per heavy atom. The third kappa shape index (κ3) is 3.49. The summed E-state index contributed by atoms with van der Waals surface area (Å²) in [4.78, 5) is 27.1. The molecule has 146 valence electrons. The third-order valence-corrected chi connectivity index (χ3v) is 7.21. The number of H-pyrrole nitrogens is 1. The van der Waals surface area contributed by atoms with E-state index in [1.807, 2.05) is 0 Å². The molecule has 3 atom stereocenters. The number of carbonyl (C=O) groups excluding carboxylic acids is 2. The fourth-order valence-corrected chi connectivity index (χ4v) is 5.93. The summed E-state index contributed by atoms with van der Waals surface area (Å²) >= 11 is 1.68. The van der Waals surface area contributed by atoms with Crippen molar-refractivity contribution in [2.24, 2.45) is 0 Å². The van der Waals surface area contributed by atoms with Crippen LogP contribution in [0.4, 0.5) is 0 Å². The molecule has 2 amide bonds. The minimum atomic E-state index is -0.465. The summed E-state index contributed by atoms with van der Waals surface area (Å²) in [7, 11) is 0. The summed E-state index contributed by atoms with van der Waals surface area (Å²) in [5.41, 5.74) is 1.21. The lowest BCUT2D eigenvalue weighted by Gasteiger charge is -2.44. The topological polar surface area (TPSA) is 104 Å². The van der Waals surface area contributed by atoms with E-state index < -0.39 is 6.04 Å². The Kier molecular flexibility index (Phi) is 4.96. The summed E-state index contributed by atoms with van der Waals surface area (Å²) in [6.45, 7) is 4.14. The fourth-order valence-electron chi connectivity index (χ4n) is 4.30. The molecule has 0 aromatic carbocycles. The van der Waals surface area contributed by atoms with Gasteiger partial charge in [0.25, 0.3) is 0 Å². The van der Waals surface area contributed by atoms with Crippen LogP contribution in [0.15, 0.2) is 11.6 Å². The Hall–Kier alpha value is -1.90. The van der Waals surface area contributed by atoms with Gasteiger partial charge in [-0.3, -0.25) is 9.59 Å². The highest BCUT2D eigenvalue weighted by atomic mass is 32.2. The smallest absolute Gasteiger partial charge is 0.249 e. The van der Waals surface area contributed by atoms with E-state index in [4.69, 9.17) is 0 Å². The van der Waals surface area contributed by atoms with Gasteiger partial charge in [-0.15, -0.1) is 22.0 Å². The summed E-state index contributed by atoms with van der Waals surface area (Å²) in [6.07, 6.45) is 9.52. The molecule has 0 saturated carbocycles.